The third-order valence-electron chi connectivity index (χ3n) is 3.82. The zero-order chi connectivity index (χ0) is 18.0. The minimum atomic E-state index is -0.676. The fraction of sp³-hybridized carbons (Fsp3) is 0.222. The van der Waals surface area contributed by atoms with Crippen LogP contribution in [0.4, 0.5) is 0 Å². The summed E-state index contributed by atoms with van der Waals surface area (Å²) in [6.07, 6.45) is 0. The molecule has 5 nitrogen and oxygen atoms in total. The number of thiophene rings is 1. The highest BCUT2D eigenvalue weighted by atomic mass is 35.5. The van der Waals surface area contributed by atoms with E-state index in [9.17, 15) is 9.59 Å². The Morgan fingerprint density at radius 2 is 2.12 bits per heavy atom. The van der Waals surface area contributed by atoms with Crippen LogP contribution in [0.5, 0.6) is 5.75 Å². The summed E-state index contributed by atoms with van der Waals surface area (Å²) >= 11 is 7.35. The highest BCUT2D eigenvalue weighted by Gasteiger charge is 2.21. The van der Waals surface area contributed by atoms with Crippen molar-refractivity contribution >= 4 is 39.8 Å². The molecule has 0 unspecified atom stereocenters. The van der Waals surface area contributed by atoms with Crippen molar-refractivity contribution in [3.63, 3.8) is 0 Å². The van der Waals surface area contributed by atoms with E-state index in [0.717, 1.165) is 4.88 Å². The van der Waals surface area contributed by atoms with Crippen LogP contribution >= 0.6 is 22.9 Å². The average molecular weight is 378 g/mol. The number of hydrogen-bond donors (Lipinski definition) is 0. The number of rotatable bonds is 5. The van der Waals surface area contributed by atoms with Gasteiger partial charge in [-0.1, -0.05) is 23.7 Å². The number of nitrogens with zero attached hydrogens (tertiary/aromatic N) is 1. The lowest BCUT2D eigenvalue weighted by Gasteiger charge is -2.19. The smallest absolute Gasteiger partial charge is 0.349 e. The summed E-state index contributed by atoms with van der Waals surface area (Å²) in [5, 5.41) is 0.637. The molecule has 0 radical (unpaired) electrons. The number of halogens is 1. The molecule has 25 heavy (non-hydrogen) atoms. The number of para-hydroxylation sites is 1. The predicted molar refractivity (Wildman–Crippen MR) is 98.8 cm³/mol. The Balaban J connectivity index is 1.97. The number of fused-ring (bicyclic) bond motifs is 1. The average Bonchev–Trinajstić information content (AvgIpc) is 3.03. The Bertz CT molecular complexity index is 979. The van der Waals surface area contributed by atoms with Gasteiger partial charge in [0.15, 0.2) is 11.3 Å². The van der Waals surface area contributed by atoms with Crippen molar-refractivity contribution in [2.45, 2.75) is 13.5 Å². The van der Waals surface area contributed by atoms with Crippen LogP contribution in [-0.2, 0) is 6.54 Å². The van der Waals surface area contributed by atoms with E-state index < -0.39 is 5.63 Å². The topological polar surface area (TPSA) is 59.8 Å². The van der Waals surface area contributed by atoms with E-state index in [1.54, 1.807) is 35.2 Å². The number of ether oxygens (including phenoxy) is 1. The Hall–Kier alpha value is -2.31. The quantitative estimate of drug-likeness (QED) is 0.626. The number of methoxy groups -OCH3 is 1. The fourth-order valence-corrected chi connectivity index (χ4v) is 3.65. The van der Waals surface area contributed by atoms with Crippen LogP contribution in [0, 0.1) is 0 Å². The van der Waals surface area contributed by atoms with Gasteiger partial charge in [0.2, 0.25) is 0 Å². The predicted octanol–water partition coefficient (Wildman–Crippen LogP) is 4.18. The molecule has 0 N–H and O–H groups in total. The number of carbonyl (C=O) groups is 1. The first-order valence-electron chi connectivity index (χ1n) is 7.67. The second kappa shape index (κ2) is 7.29. The van der Waals surface area contributed by atoms with Crippen LogP contribution in [-0.4, -0.2) is 24.5 Å². The molecule has 0 bridgehead atoms. The first-order valence-corrected chi connectivity index (χ1v) is 8.87. The summed E-state index contributed by atoms with van der Waals surface area (Å²) in [5.74, 6) is 0.0830. The van der Waals surface area contributed by atoms with Crippen LogP contribution in [0.2, 0.25) is 4.34 Å². The Morgan fingerprint density at radius 1 is 1.32 bits per heavy atom. The van der Waals surface area contributed by atoms with Crippen LogP contribution in [0.1, 0.15) is 22.2 Å². The lowest BCUT2D eigenvalue weighted by atomic mass is 10.1. The highest BCUT2D eigenvalue weighted by Crippen LogP contribution is 2.26. The summed E-state index contributed by atoms with van der Waals surface area (Å²) in [7, 11) is 1.50. The van der Waals surface area contributed by atoms with Crippen molar-refractivity contribution < 1.29 is 13.9 Å². The van der Waals surface area contributed by atoms with Gasteiger partial charge in [-0.05, 0) is 31.2 Å². The van der Waals surface area contributed by atoms with Gasteiger partial charge in [0.05, 0.1) is 18.0 Å². The minimum Gasteiger partial charge on any atom is -0.493 e. The van der Waals surface area contributed by atoms with Crippen LogP contribution in [0.3, 0.4) is 0 Å². The molecule has 3 aromatic rings. The molecule has 7 heteroatoms. The SMILES string of the molecule is CCN(Cc1ccc(Cl)s1)C(=O)c1cc2cccc(OC)c2oc1=O. The van der Waals surface area contributed by atoms with E-state index in [4.69, 9.17) is 20.8 Å². The zero-order valence-electron chi connectivity index (χ0n) is 13.7. The van der Waals surface area contributed by atoms with Crippen molar-refractivity contribution in [3.8, 4) is 5.75 Å². The third-order valence-corrected chi connectivity index (χ3v) is 5.03. The Kier molecular flexibility index (Phi) is 5.11. The van der Waals surface area contributed by atoms with Gasteiger partial charge < -0.3 is 14.1 Å². The molecule has 2 aromatic heterocycles. The summed E-state index contributed by atoms with van der Waals surface area (Å²) in [5.41, 5.74) is -0.338. The molecule has 0 saturated carbocycles. The standard InChI is InChI=1S/C18H16ClNO4S/c1-3-20(10-12-7-8-15(19)25-12)17(21)13-9-11-5-4-6-14(23-2)16(11)24-18(13)22/h4-9H,3,10H2,1-2H3. The van der Waals surface area contributed by atoms with E-state index in [1.165, 1.54) is 18.4 Å². The molecule has 0 aliphatic carbocycles. The summed E-state index contributed by atoms with van der Waals surface area (Å²) < 4.78 is 11.2. The molecule has 130 valence electrons. The molecule has 0 saturated heterocycles. The van der Waals surface area contributed by atoms with Gasteiger partial charge in [-0.25, -0.2) is 4.79 Å². The van der Waals surface area contributed by atoms with Gasteiger partial charge in [0, 0.05) is 16.8 Å². The molecule has 3 rings (SSSR count). The second-order valence-electron chi connectivity index (χ2n) is 5.35. The number of amides is 1. The zero-order valence-corrected chi connectivity index (χ0v) is 15.3. The molecule has 0 atom stereocenters. The van der Waals surface area contributed by atoms with E-state index in [0.29, 0.717) is 34.1 Å². The minimum absolute atomic E-state index is 0.00487. The van der Waals surface area contributed by atoms with Crippen molar-refractivity contribution in [1.82, 2.24) is 4.90 Å². The van der Waals surface area contributed by atoms with Crippen LogP contribution in [0.25, 0.3) is 11.0 Å². The number of benzene rings is 1. The van der Waals surface area contributed by atoms with Crippen molar-refractivity contribution in [1.29, 1.82) is 0 Å². The lowest BCUT2D eigenvalue weighted by molar-refractivity contribution is 0.0750. The third kappa shape index (κ3) is 3.55. The molecule has 0 spiro atoms. The molecule has 0 aliphatic rings. The van der Waals surface area contributed by atoms with Gasteiger partial charge in [-0.2, -0.15) is 0 Å². The van der Waals surface area contributed by atoms with Crippen molar-refractivity contribution in [2.24, 2.45) is 0 Å². The van der Waals surface area contributed by atoms with Crippen LogP contribution < -0.4 is 10.4 Å². The number of hydrogen-bond acceptors (Lipinski definition) is 5. The maximum Gasteiger partial charge on any atom is 0.349 e. The van der Waals surface area contributed by atoms with Gasteiger partial charge in [-0.15, -0.1) is 11.3 Å². The van der Waals surface area contributed by atoms with E-state index in [-0.39, 0.29) is 11.5 Å². The molecule has 1 amide bonds. The van der Waals surface area contributed by atoms with Gasteiger partial charge in [0.25, 0.3) is 5.91 Å². The summed E-state index contributed by atoms with van der Waals surface area (Å²) in [4.78, 5) is 27.7. The Labute approximate surface area is 153 Å². The van der Waals surface area contributed by atoms with Crippen molar-refractivity contribution in [2.75, 3.05) is 13.7 Å². The lowest BCUT2D eigenvalue weighted by Crippen LogP contribution is -2.33. The van der Waals surface area contributed by atoms with E-state index in [2.05, 4.69) is 0 Å². The maximum absolute atomic E-state index is 12.8. The largest absolute Gasteiger partial charge is 0.493 e. The van der Waals surface area contributed by atoms with Crippen LogP contribution in [0.15, 0.2) is 45.6 Å². The molecular formula is C18H16ClNO4S. The molecule has 0 aliphatic heterocycles. The maximum atomic E-state index is 12.8. The molecule has 1 aromatic carbocycles. The second-order valence-corrected chi connectivity index (χ2v) is 7.15. The van der Waals surface area contributed by atoms with E-state index in [1.807, 2.05) is 13.0 Å². The first-order chi connectivity index (χ1) is 12.0. The molecular weight excluding hydrogens is 362 g/mol. The summed E-state index contributed by atoms with van der Waals surface area (Å²) in [6.45, 7) is 2.71. The summed E-state index contributed by atoms with van der Waals surface area (Å²) in [6, 6.07) is 10.5. The molecule has 2 heterocycles. The normalized spacial score (nSPS) is 10.8. The van der Waals surface area contributed by atoms with Gasteiger partial charge >= 0.3 is 5.63 Å². The fourth-order valence-electron chi connectivity index (χ4n) is 2.55. The highest BCUT2D eigenvalue weighted by molar-refractivity contribution is 7.16. The van der Waals surface area contributed by atoms with Crippen molar-refractivity contribution in [3.05, 3.63) is 61.6 Å². The molecule has 0 fully saturated rings. The number of carbonyl (C=O) groups excluding carboxylic acids is 1. The Morgan fingerprint density at radius 3 is 2.76 bits per heavy atom. The monoisotopic (exact) mass is 377 g/mol. The van der Waals surface area contributed by atoms with E-state index >= 15 is 0 Å². The van der Waals surface area contributed by atoms with Gasteiger partial charge in [-0.3, -0.25) is 4.79 Å². The first kappa shape index (κ1) is 17.5. The van der Waals surface area contributed by atoms with Gasteiger partial charge in [0.1, 0.15) is 5.56 Å².